The van der Waals surface area contributed by atoms with Gasteiger partial charge in [-0.2, -0.15) is 5.10 Å². The van der Waals surface area contributed by atoms with E-state index in [1.54, 1.807) is 6.20 Å². The minimum absolute atomic E-state index is 0.809. The third kappa shape index (κ3) is 3.90. The second-order valence-corrected chi connectivity index (χ2v) is 3.13. The van der Waals surface area contributed by atoms with E-state index in [0.717, 1.165) is 31.6 Å². The molecule has 0 unspecified atom stereocenters. The highest BCUT2D eigenvalue weighted by Gasteiger charge is 1.95. The van der Waals surface area contributed by atoms with Crippen LogP contribution in [0.5, 0.6) is 0 Å². The molecule has 0 spiro atoms. The quantitative estimate of drug-likeness (QED) is 0.529. The van der Waals surface area contributed by atoms with Gasteiger partial charge in [-0.05, 0) is 24.6 Å². The highest BCUT2D eigenvalue weighted by atomic mass is 15.3. The topological polar surface area (TPSA) is 29.9 Å². The molecule has 1 rings (SSSR count). The summed E-state index contributed by atoms with van der Waals surface area (Å²) in [6.07, 6.45) is 4.90. The Morgan fingerprint density at radius 1 is 1.62 bits per heavy atom. The molecule has 1 N–H and O–H groups in total. The fraction of sp³-hybridized carbons (Fsp3) is 0.500. The minimum Gasteiger partial charge on any atom is -0.313 e. The van der Waals surface area contributed by atoms with Crippen molar-refractivity contribution in [2.75, 3.05) is 13.1 Å². The van der Waals surface area contributed by atoms with Crippen LogP contribution in [0.4, 0.5) is 0 Å². The Balaban J connectivity index is 2.18. The van der Waals surface area contributed by atoms with Gasteiger partial charge >= 0.3 is 0 Å². The van der Waals surface area contributed by atoms with Crippen molar-refractivity contribution in [3.05, 3.63) is 30.6 Å². The first-order valence-corrected chi connectivity index (χ1v) is 4.67. The number of aromatic nitrogens is 2. The molecule has 0 aliphatic carbocycles. The molecular formula is C10H17N3. The second kappa shape index (κ2) is 5.54. The lowest BCUT2D eigenvalue weighted by Gasteiger charge is -2.06. The van der Waals surface area contributed by atoms with Gasteiger partial charge in [0.1, 0.15) is 0 Å². The summed E-state index contributed by atoms with van der Waals surface area (Å²) in [5.74, 6) is 0. The van der Waals surface area contributed by atoms with E-state index in [0.29, 0.717) is 0 Å². The number of nitrogens with zero attached hydrogens (tertiary/aromatic N) is 2. The molecule has 0 aromatic carbocycles. The van der Waals surface area contributed by atoms with E-state index in [4.69, 9.17) is 0 Å². The fourth-order valence-corrected chi connectivity index (χ4v) is 1.12. The van der Waals surface area contributed by atoms with Crippen LogP contribution >= 0.6 is 0 Å². The normalized spacial score (nSPS) is 10.2. The van der Waals surface area contributed by atoms with Crippen LogP contribution in [-0.4, -0.2) is 22.9 Å². The van der Waals surface area contributed by atoms with Crippen molar-refractivity contribution in [3.8, 4) is 0 Å². The van der Waals surface area contributed by atoms with Crippen LogP contribution in [0.25, 0.3) is 0 Å². The highest BCUT2D eigenvalue weighted by molar-refractivity contribution is 4.97. The van der Waals surface area contributed by atoms with E-state index in [-0.39, 0.29) is 0 Å². The van der Waals surface area contributed by atoms with Gasteiger partial charge in [-0.3, -0.25) is 4.68 Å². The zero-order valence-corrected chi connectivity index (χ0v) is 8.16. The Morgan fingerprint density at radius 3 is 3.08 bits per heavy atom. The Labute approximate surface area is 79.5 Å². The van der Waals surface area contributed by atoms with Crippen molar-refractivity contribution < 1.29 is 0 Å². The minimum atomic E-state index is 0.809. The molecule has 72 valence electrons. The number of rotatable bonds is 6. The van der Waals surface area contributed by atoms with Crippen molar-refractivity contribution >= 4 is 0 Å². The molecule has 0 saturated carbocycles. The van der Waals surface area contributed by atoms with Crippen LogP contribution in [0.1, 0.15) is 13.3 Å². The molecule has 0 saturated heterocycles. The van der Waals surface area contributed by atoms with Gasteiger partial charge < -0.3 is 5.32 Å². The predicted molar refractivity (Wildman–Crippen MR) is 54.5 cm³/mol. The predicted octanol–water partition coefficient (Wildman–Crippen LogP) is 1.44. The summed E-state index contributed by atoms with van der Waals surface area (Å²) >= 11 is 0. The summed E-state index contributed by atoms with van der Waals surface area (Å²) in [6.45, 7) is 8.88. The molecule has 0 fully saturated rings. The molecule has 0 aliphatic rings. The molecular weight excluding hydrogens is 162 g/mol. The van der Waals surface area contributed by atoms with Crippen molar-refractivity contribution in [1.82, 2.24) is 15.1 Å². The summed E-state index contributed by atoms with van der Waals surface area (Å²) in [7, 11) is 0. The summed E-state index contributed by atoms with van der Waals surface area (Å²) in [4.78, 5) is 0. The Bertz CT molecular complexity index is 239. The first kappa shape index (κ1) is 9.99. The lowest BCUT2D eigenvalue weighted by atomic mass is 10.3. The molecule has 3 nitrogen and oxygen atoms in total. The standard InChI is InChI=1S/C10H17N3/c1-3-5-11-8-10(2)9-13-7-4-6-12-13/h4,6-7,11H,2-3,5,8-9H2,1H3. The smallest absolute Gasteiger partial charge is 0.0628 e. The van der Waals surface area contributed by atoms with Gasteiger partial charge in [0.2, 0.25) is 0 Å². The van der Waals surface area contributed by atoms with Gasteiger partial charge in [-0.15, -0.1) is 0 Å². The zero-order chi connectivity index (χ0) is 9.52. The van der Waals surface area contributed by atoms with Gasteiger partial charge in [0.15, 0.2) is 0 Å². The maximum absolute atomic E-state index is 4.11. The first-order chi connectivity index (χ1) is 6.33. The average molecular weight is 179 g/mol. The van der Waals surface area contributed by atoms with Crippen LogP contribution in [0, 0.1) is 0 Å². The number of nitrogens with one attached hydrogen (secondary N) is 1. The molecule has 0 amide bonds. The van der Waals surface area contributed by atoms with Gasteiger partial charge in [0, 0.05) is 18.9 Å². The SMILES string of the molecule is C=C(CNCCC)Cn1cccn1. The largest absolute Gasteiger partial charge is 0.313 e. The van der Waals surface area contributed by atoms with Crippen LogP contribution in [0.3, 0.4) is 0 Å². The molecule has 1 aromatic rings. The molecule has 13 heavy (non-hydrogen) atoms. The van der Waals surface area contributed by atoms with E-state index < -0.39 is 0 Å². The lowest BCUT2D eigenvalue weighted by Crippen LogP contribution is -2.19. The third-order valence-electron chi connectivity index (χ3n) is 1.75. The molecule has 0 radical (unpaired) electrons. The van der Waals surface area contributed by atoms with Crippen molar-refractivity contribution in [3.63, 3.8) is 0 Å². The summed E-state index contributed by atoms with van der Waals surface area (Å²) < 4.78 is 1.88. The monoisotopic (exact) mass is 179 g/mol. The Morgan fingerprint density at radius 2 is 2.46 bits per heavy atom. The summed E-state index contributed by atoms with van der Waals surface area (Å²) in [6, 6.07) is 1.92. The van der Waals surface area contributed by atoms with E-state index in [9.17, 15) is 0 Å². The van der Waals surface area contributed by atoms with Crippen molar-refractivity contribution in [2.45, 2.75) is 19.9 Å². The van der Waals surface area contributed by atoms with Crippen molar-refractivity contribution in [1.29, 1.82) is 0 Å². The number of hydrogen-bond donors (Lipinski definition) is 1. The molecule has 3 heteroatoms. The maximum Gasteiger partial charge on any atom is 0.0628 e. The van der Waals surface area contributed by atoms with E-state index >= 15 is 0 Å². The van der Waals surface area contributed by atoms with E-state index in [1.165, 1.54) is 0 Å². The summed E-state index contributed by atoms with van der Waals surface area (Å²) in [5.41, 5.74) is 1.16. The zero-order valence-electron chi connectivity index (χ0n) is 8.16. The van der Waals surface area contributed by atoms with Crippen LogP contribution in [0.15, 0.2) is 30.6 Å². The van der Waals surface area contributed by atoms with Gasteiger partial charge in [-0.1, -0.05) is 13.5 Å². The van der Waals surface area contributed by atoms with Crippen LogP contribution < -0.4 is 5.32 Å². The Hall–Kier alpha value is -1.09. The average Bonchev–Trinajstić information content (AvgIpc) is 2.57. The third-order valence-corrected chi connectivity index (χ3v) is 1.75. The van der Waals surface area contributed by atoms with E-state index in [2.05, 4.69) is 23.9 Å². The summed E-state index contributed by atoms with van der Waals surface area (Å²) in [5, 5.41) is 7.42. The van der Waals surface area contributed by atoms with Crippen molar-refractivity contribution in [2.24, 2.45) is 0 Å². The number of hydrogen-bond acceptors (Lipinski definition) is 2. The lowest BCUT2D eigenvalue weighted by molar-refractivity contribution is 0.633. The fourth-order valence-electron chi connectivity index (χ4n) is 1.12. The molecule has 0 atom stereocenters. The molecule has 1 aromatic heterocycles. The maximum atomic E-state index is 4.11. The van der Waals surface area contributed by atoms with Gasteiger partial charge in [0.25, 0.3) is 0 Å². The second-order valence-electron chi connectivity index (χ2n) is 3.13. The van der Waals surface area contributed by atoms with E-state index in [1.807, 2.05) is 16.9 Å². The molecule has 0 aliphatic heterocycles. The van der Waals surface area contributed by atoms with Gasteiger partial charge in [-0.25, -0.2) is 0 Å². The van der Waals surface area contributed by atoms with Crippen LogP contribution in [0.2, 0.25) is 0 Å². The molecule has 0 bridgehead atoms. The van der Waals surface area contributed by atoms with Crippen LogP contribution in [-0.2, 0) is 6.54 Å². The first-order valence-electron chi connectivity index (χ1n) is 4.67. The highest BCUT2D eigenvalue weighted by Crippen LogP contribution is 1.94. The van der Waals surface area contributed by atoms with Gasteiger partial charge in [0.05, 0.1) is 6.54 Å². The Kier molecular flexibility index (Phi) is 4.26. The molecule has 1 heterocycles.